The zero-order valence-corrected chi connectivity index (χ0v) is 10.1. The maximum Gasteiger partial charge on any atom is 0.119 e. The largest absolute Gasteiger partial charge is 0.508 e. The van der Waals surface area contributed by atoms with Crippen molar-refractivity contribution in [1.82, 2.24) is 0 Å². The van der Waals surface area contributed by atoms with Gasteiger partial charge in [-0.2, -0.15) is 0 Å². The van der Waals surface area contributed by atoms with Crippen molar-refractivity contribution >= 4 is 0 Å². The maximum absolute atomic E-state index is 9.92. The van der Waals surface area contributed by atoms with Gasteiger partial charge in [-0.1, -0.05) is 24.6 Å². The van der Waals surface area contributed by atoms with E-state index in [1.54, 1.807) is 6.07 Å². The molecule has 0 spiro atoms. The van der Waals surface area contributed by atoms with Crippen LogP contribution in [0, 0.1) is 0 Å². The van der Waals surface area contributed by atoms with Crippen molar-refractivity contribution in [2.24, 2.45) is 0 Å². The van der Waals surface area contributed by atoms with Crippen LogP contribution in [0.25, 0.3) is 0 Å². The Morgan fingerprint density at radius 2 is 2.00 bits per heavy atom. The first kappa shape index (κ1) is 11.5. The van der Waals surface area contributed by atoms with Gasteiger partial charge in [0, 0.05) is 11.0 Å². The molecule has 16 heavy (non-hydrogen) atoms. The van der Waals surface area contributed by atoms with Gasteiger partial charge in [-0.15, -0.1) is 0 Å². The van der Waals surface area contributed by atoms with Crippen LogP contribution in [0.5, 0.6) is 5.75 Å². The summed E-state index contributed by atoms with van der Waals surface area (Å²) in [7, 11) is 0. The zero-order chi connectivity index (χ0) is 11.6. The van der Waals surface area contributed by atoms with E-state index in [1.165, 1.54) is 6.42 Å². The molecule has 2 nitrogen and oxygen atoms in total. The fraction of sp³-hybridized carbons (Fsp3) is 0.571. The van der Waals surface area contributed by atoms with Crippen LogP contribution in [0.1, 0.15) is 38.7 Å². The second kappa shape index (κ2) is 4.46. The molecule has 0 radical (unpaired) electrons. The number of phenolic OH excluding ortho intramolecular Hbond substituents is 1. The molecule has 1 N–H and O–H groups in total. The summed E-state index contributed by atoms with van der Waals surface area (Å²) in [6, 6.07) is 7.65. The molecule has 0 saturated heterocycles. The molecule has 1 aliphatic rings. The number of phenols is 1. The van der Waals surface area contributed by atoms with Gasteiger partial charge < -0.3 is 9.84 Å². The van der Waals surface area contributed by atoms with Crippen molar-refractivity contribution in [3.8, 4) is 5.75 Å². The minimum atomic E-state index is 0.0651. The van der Waals surface area contributed by atoms with Crippen molar-refractivity contribution in [3.05, 3.63) is 29.8 Å². The fourth-order valence-electron chi connectivity index (χ4n) is 2.34. The van der Waals surface area contributed by atoms with Gasteiger partial charge in [-0.3, -0.25) is 0 Å². The first-order valence-electron chi connectivity index (χ1n) is 6.04. The van der Waals surface area contributed by atoms with Crippen LogP contribution in [0.4, 0.5) is 0 Å². The molecule has 0 amide bonds. The minimum absolute atomic E-state index is 0.0651. The first-order chi connectivity index (χ1) is 7.64. The summed E-state index contributed by atoms with van der Waals surface area (Å²) in [5.41, 5.74) is 1.12. The minimum Gasteiger partial charge on any atom is -0.508 e. The molecule has 0 aliphatic heterocycles. The lowest BCUT2D eigenvalue weighted by Gasteiger charge is -2.42. The molecule has 88 valence electrons. The quantitative estimate of drug-likeness (QED) is 0.844. The van der Waals surface area contributed by atoms with Crippen molar-refractivity contribution in [2.45, 2.75) is 44.6 Å². The smallest absolute Gasteiger partial charge is 0.119 e. The predicted octanol–water partition coefficient (Wildman–Crippen LogP) is 3.24. The lowest BCUT2D eigenvalue weighted by atomic mass is 9.64. The lowest BCUT2D eigenvalue weighted by molar-refractivity contribution is 0.00899. The number of ether oxygens (including phenoxy) is 1. The van der Waals surface area contributed by atoms with E-state index < -0.39 is 0 Å². The zero-order valence-electron chi connectivity index (χ0n) is 10.1. The average Bonchev–Trinajstić information content (AvgIpc) is 2.18. The Labute approximate surface area is 97.3 Å². The summed E-state index contributed by atoms with van der Waals surface area (Å²) >= 11 is 0. The topological polar surface area (TPSA) is 29.5 Å². The fourth-order valence-corrected chi connectivity index (χ4v) is 2.34. The molecule has 0 unspecified atom stereocenters. The number of rotatable bonds is 4. The third-order valence-corrected chi connectivity index (χ3v) is 3.48. The van der Waals surface area contributed by atoms with Crippen molar-refractivity contribution in [2.75, 3.05) is 6.61 Å². The Bertz CT molecular complexity index is 354. The van der Waals surface area contributed by atoms with E-state index in [0.29, 0.717) is 5.75 Å². The first-order valence-corrected chi connectivity index (χ1v) is 6.04. The Balaban J connectivity index is 2.18. The standard InChI is InChI=1S/C14H20O2/c1-11(2)16-10-14(8-5-9-14)12-6-3-4-7-13(12)15/h3-4,6-7,11,15H,5,8-10H2,1-2H3. The van der Waals surface area contributed by atoms with Gasteiger partial charge in [0.15, 0.2) is 0 Å². The van der Waals surface area contributed by atoms with Gasteiger partial charge in [0.1, 0.15) is 5.75 Å². The van der Waals surface area contributed by atoms with Gasteiger partial charge >= 0.3 is 0 Å². The number of benzene rings is 1. The Morgan fingerprint density at radius 3 is 2.50 bits per heavy atom. The molecule has 1 saturated carbocycles. The van der Waals surface area contributed by atoms with Gasteiger partial charge in [0.25, 0.3) is 0 Å². The summed E-state index contributed by atoms with van der Waals surface area (Å²) in [6.45, 7) is 4.83. The average molecular weight is 220 g/mol. The predicted molar refractivity (Wildman–Crippen MR) is 64.7 cm³/mol. The highest BCUT2D eigenvalue weighted by molar-refractivity contribution is 5.40. The Morgan fingerprint density at radius 1 is 1.31 bits per heavy atom. The van der Waals surface area contributed by atoms with Crippen LogP contribution in [-0.2, 0) is 10.2 Å². The lowest BCUT2D eigenvalue weighted by Crippen LogP contribution is -2.39. The van der Waals surface area contributed by atoms with Crippen LogP contribution < -0.4 is 0 Å². The summed E-state index contributed by atoms with van der Waals surface area (Å²) in [5.74, 6) is 0.412. The molecular weight excluding hydrogens is 200 g/mol. The van der Waals surface area contributed by atoms with E-state index >= 15 is 0 Å². The molecule has 0 heterocycles. The van der Waals surface area contributed by atoms with E-state index in [0.717, 1.165) is 25.0 Å². The van der Waals surface area contributed by atoms with E-state index in [9.17, 15) is 5.11 Å². The van der Waals surface area contributed by atoms with Crippen molar-refractivity contribution in [1.29, 1.82) is 0 Å². The van der Waals surface area contributed by atoms with Crippen LogP contribution in [0.3, 0.4) is 0 Å². The third kappa shape index (κ3) is 2.07. The number of para-hydroxylation sites is 1. The van der Waals surface area contributed by atoms with Crippen LogP contribution >= 0.6 is 0 Å². The molecule has 0 bridgehead atoms. The second-order valence-electron chi connectivity index (χ2n) is 5.01. The van der Waals surface area contributed by atoms with Gasteiger partial charge in [-0.25, -0.2) is 0 Å². The molecular formula is C14H20O2. The van der Waals surface area contributed by atoms with E-state index in [1.807, 2.05) is 18.2 Å². The Hall–Kier alpha value is -1.02. The van der Waals surface area contributed by atoms with E-state index in [-0.39, 0.29) is 11.5 Å². The molecule has 1 aliphatic carbocycles. The highest BCUT2D eigenvalue weighted by Gasteiger charge is 2.40. The molecule has 2 rings (SSSR count). The summed E-state index contributed by atoms with van der Waals surface area (Å²) < 4.78 is 5.75. The van der Waals surface area contributed by atoms with Gasteiger partial charge in [0.2, 0.25) is 0 Å². The molecule has 1 fully saturated rings. The SMILES string of the molecule is CC(C)OCC1(c2ccccc2O)CCC1. The Kier molecular flexibility index (Phi) is 3.20. The van der Waals surface area contributed by atoms with Gasteiger partial charge in [0.05, 0.1) is 12.7 Å². The molecule has 2 heteroatoms. The molecule has 1 aromatic rings. The van der Waals surface area contributed by atoms with Crippen LogP contribution in [-0.4, -0.2) is 17.8 Å². The molecule has 0 atom stereocenters. The van der Waals surface area contributed by atoms with E-state index in [2.05, 4.69) is 13.8 Å². The van der Waals surface area contributed by atoms with Crippen molar-refractivity contribution in [3.63, 3.8) is 0 Å². The molecule has 0 aromatic heterocycles. The van der Waals surface area contributed by atoms with E-state index in [4.69, 9.17) is 4.74 Å². The highest BCUT2D eigenvalue weighted by atomic mass is 16.5. The van der Waals surface area contributed by atoms with Crippen LogP contribution in [0.15, 0.2) is 24.3 Å². The monoisotopic (exact) mass is 220 g/mol. The molecule has 1 aromatic carbocycles. The summed E-state index contributed by atoms with van der Waals surface area (Å²) in [6.07, 6.45) is 3.73. The number of hydrogen-bond acceptors (Lipinski definition) is 2. The number of aromatic hydroxyl groups is 1. The second-order valence-corrected chi connectivity index (χ2v) is 5.01. The third-order valence-electron chi connectivity index (χ3n) is 3.48. The normalized spacial score (nSPS) is 18.4. The highest BCUT2D eigenvalue weighted by Crippen LogP contribution is 2.47. The van der Waals surface area contributed by atoms with Crippen molar-refractivity contribution < 1.29 is 9.84 Å². The summed E-state index contributed by atoms with van der Waals surface area (Å²) in [4.78, 5) is 0. The van der Waals surface area contributed by atoms with Gasteiger partial charge in [-0.05, 0) is 32.8 Å². The summed E-state index contributed by atoms with van der Waals surface area (Å²) in [5, 5.41) is 9.92. The number of hydrogen-bond donors (Lipinski definition) is 1. The van der Waals surface area contributed by atoms with Crippen LogP contribution in [0.2, 0.25) is 0 Å². The maximum atomic E-state index is 9.92.